The van der Waals surface area contributed by atoms with E-state index in [0.29, 0.717) is 12.0 Å². The zero-order valence-electron chi connectivity index (χ0n) is 10.6. The first-order valence-corrected chi connectivity index (χ1v) is 6.59. The molecule has 0 aromatic carbocycles. The number of nitrogens with one attached hydrogen (secondary N) is 2. The van der Waals surface area contributed by atoms with E-state index in [2.05, 4.69) is 29.0 Å². The van der Waals surface area contributed by atoms with Crippen molar-refractivity contribution in [3.63, 3.8) is 0 Å². The molecule has 0 spiro atoms. The van der Waals surface area contributed by atoms with Gasteiger partial charge in [0, 0.05) is 30.0 Å². The van der Waals surface area contributed by atoms with Gasteiger partial charge in [-0.3, -0.25) is 0 Å². The van der Waals surface area contributed by atoms with Crippen molar-refractivity contribution in [1.82, 2.24) is 15.2 Å². The molecule has 3 rings (SSSR count). The van der Waals surface area contributed by atoms with Crippen LogP contribution in [0.25, 0.3) is 0 Å². The largest absolute Gasteiger partial charge is 0.454 e. The number of rotatable bonds is 1. The summed E-state index contributed by atoms with van der Waals surface area (Å²) < 4.78 is 6.17. The Morgan fingerprint density at radius 3 is 3.00 bits per heavy atom. The highest BCUT2D eigenvalue weighted by Gasteiger charge is 2.47. The third kappa shape index (κ3) is 2.02. The fraction of sp³-hybridized carbons (Fsp3) is 0.750. The Hall–Kier alpha value is -0.805. The minimum atomic E-state index is -0.0839. The van der Waals surface area contributed by atoms with Gasteiger partial charge in [-0.25, -0.2) is 4.98 Å². The van der Waals surface area contributed by atoms with Crippen molar-refractivity contribution < 1.29 is 4.65 Å². The Bertz CT molecular complexity index is 379. The molecule has 1 saturated heterocycles. The van der Waals surface area contributed by atoms with Gasteiger partial charge in [-0.1, -0.05) is 12.8 Å². The summed E-state index contributed by atoms with van der Waals surface area (Å²) >= 11 is 0. The smallest absolute Gasteiger partial charge is 0.413 e. The molecule has 0 bridgehead atoms. The van der Waals surface area contributed by atoms with Crippen LogP contribution in [-0.4, -0.2) is 28.7 Å². The van der Waals surface area contributed by atoms with Gasteiger partial charge >= 0.3 is 7.05 Å². The predicted molar refractivity (Wildman–Crippen MR) is 68.0 cm³/mol. The summed E-state index contributed by atoms with van der Waals surface area (Å²) in [6.07, 6.45) is 9.10. The summed E-state index contributed by atoms with van der Waals surface area (Å²) in [7, 11) is -0.0839. The maximum absolute atomic E-state index is 6.17. The number of aromatic nitrogens is 2. The predicted octanol–water partition coefficient (Wildman–Crippen LogP) is 1.06. The number of aromatic amines is 1. The molecule has 2 fully saturated rings. The van der Waals surface area contributed by atoms with Crippen LogP contribution in [0.4, 0.5) is 0 Å². The number of nitrogens with zero attached hydrogens (tertiary/aromatic N) is 1. The lowest BCUT2D eigenvalue weighted by atomic mass is 9.65. The van der Waals surface area contributed by atoms with Crippen molar-refractivity contribution in [1.29, 1.82) is 0 Å². The summed E-state index contributed by atoms with van der Waals surface area (Å²) in [5.74, 6) is 0.627. The van der Waals surface area contributed by atoms with Crippen LogP contribution < -0.4 is 11.0 Å². The lowest BCUT2D eigenvalue weighted by Crippen LogP contribution is -2.68. The van der Waals surface area contributed by atoms with E-state index in [1.54, 1.807) is 6.20 Å². The van der Waals surface area contributed by atoms with E-state index < -0.39 is 0 Å². The maximum Gasteiger partial charge on any atom is 0.454 e. The van der Waals surface area contributed by atoms with Crippen molar-refractivity contribution in [2.45, 2.75) is 51.2 Å². The first-order chi connectivity index (χ1) is 8.17. The normalized spacial score (nSPS) is 32.2. The molecule has 1 aromatic rings. The topological polar surface area (TPSA) is 49.9 Å². The van der Waals surface area contributed by atoms with Crippen molar-refractivity contribution in [3.8, 4) is 0 Å². The van der Waals surface area contributed by atoms with E-state index in [-0.39, 0.29) is 12.6 Å². The van der Waals surface area contributed by atoms with Crippen LogP contribution in [0, 0.1) is 5.92 Å². The standard InChI is InChI=1S/C12H20BN3O/c1-12(2)9-5-3-4-6-10(9)17-13(16-12)11-14-7-8-15-11/h7-10,16H,3-6H2,1-2H3,(H,14,15)/t9-,10+/m0/s1. The van der Waals surface area contributed by atoms with Gasteiger partial charge in [0.2, 0.25) is 0 Å². The molecule has 2 N–H and O–H groups in total. The molecule has 92 valence electrons. The van der Waals surface area contributed by atoms with E-state index in [0.717, 1.165) is 5.72 Å². The molecule has 17 heavy (non-hydrogen) atoms. The molecule has 0 unspecified atom stereocenters. The van der Waals surface area contributed by atoms with E-state index in [1.165, 1.54) is 25.7 Å². The average molecular weight is 233 g/mol. The third-order valence-electron chi connectivity index (χ3n) is 4.21. The zero-order chi connectivity index (χ0) is 11.9. The maximum atomic E-state index is 6.17. The van der Waals surface area contributed by atoms with Gasteiger partial charge in [0.25, 0.3) is 0 Å². The lowest BCUT2D eigenvalue weighted by molar-refractivity contribution is 0.0164. The second-order valence-corrected chi connectivity index (χ2v) is 5.79. The Labute approximate surface area is 103 Å². The monoisotopic (exact) mass is 233 g/mol. The molecule has 0 radical (unpaired) electrons. The number of imidazole rings is 1. The Balaban J connectivity index is 1.83. The van der Waals surface area contributed by atoms with Gasteiger partial charge in [0.1, 0.15) is 5.72 Å². The molecule has 1 saturated carbocycles. The van der Waals surface area contributed by atoms with E-state index in [9.17, 15) is 0 Å². The van der Waals surface area contributed by atoms with Crippen LogP contribution in [-0.2, 0) is 4.65 Å². The van der Waals surface area contributed by atoms with Gasteiger partial charge < -0.3 is 14.9 Å². The molecule has 4 nitrogen and oxygen atoms in total. The second kappa shape index (κ2) is 4.14. The molecule has 0 amide bonds. The molecule has 1 aliphatic carbocycles. The van der Waals surface area contributed by atoms with Crippen LogP contribution in [0.2, 0.25) is 0 Å². The molecule has 2 atom stereocenters. The zero-order valence-corrected chi connectivity index (χ0v) is 10.6. The fourth-order valence-corrected chi connectivity index (χ4v) is 3.29. The lowest BCUT2D eigenvalue weighted by Gasteiger charge is -2.49. The number of H-pyrrole nitrogens is 1. The summed E-state index contributed by atoms with van der Waals surface area (Å²) in [6.45, 7) is 4.57. The number of hydrogen-bond donors (Lipinski definition) is 2. The van der Waals surface area contributed by atoms with Crippen LogP contribution in [0.5, 0.6) is 0 Å². The highest BCUT2D eigenvalue weighted by molar-refractivity contribution is 6.63. The molecular weight excluding hydrogens is 213 g/mol. The van der Waals surface area contributed by atoms with Gasteiger partial charge in [-0.15, -0.1) is 0 Å². The summed E-state index contributed by atoms with van der Waals surface area (Å²) in [5, 5.41) is 3.58. The van der Waals surface area contributed by atoms with Crippen LogP contribution in [0.3, 0.4) is 0 Å². The molecule has 5 heteroatoms. The highest BCUT2D eigenvalue weighted by atomic mass is 16.5. The number of hydrogen-bond acceptors (Lipinski definition) is 3. The Morgan fingerprint density at radius 1 is 1.41 bits per heavy atom. The highest BCUT2D eigenvalue weighted by Crippen LogP contribution is 2.37. The molecular formula is C12H20BN3O. The molecule has 2 aliphatic rings. The van der Waals surface area contributed by atoms with Crippen molar-refractivity contribution in [3.05, 3.63) is 12.4 Å². The summed E-state index contributed by atoms with van der Waals surface area (Å²) in [6, 6.07) is 0. The fourth-order valence-electron chi connectivity index (χ4n) is 3.29. The average Bonchev–Trinajstić information content (AvgIpc) is 2.81. The number of fused-ring (bicyclic) bond motifs is 1. The summed E-state index contributed by atoms with van der Waals surface area (Å²) in [5.41, 5.74) is 1.02. The quantitative estimate of drug-likeness (QED) is 0.713. The van der Waals surface area contributed by atoms with Crippen molar-refractivity contribution >= 4 is 12.8 Å². The summed E-state index contributed by atoms with van der Waals surface area (Å²) in [4.78, 5) is 7.44. The second-order valence-electron chi connectivity index (χ2n) is 5.79. The van der Waals surface area contributed by atoms with Crippen LogP contribution >= 0.6 is 0 Å². The van der Waals surface area contributed by atoms with Crippen LogP contribution in [0.1, 0.15) is 39.5 Å². The van der Waals surface area contributed by atoms with E-state index >= 15 is 0 Å². The Morgan fingerprint density at radius 2 is 2.24 bits per heavy atom. The van der Waals surface area contributed by atoms with Gasteiger partial charge in [0.15, 0.2) is 0 Å². The van der Waals surface area contributed by atoms with Gasteiger partial charge in [0.05, 0.1) is 0 Å². The van der Waals surface area contributed by atoms with E-state index in [4.69, 9.17) is 4.65 Å². The first-order valence-electron chi connectivity index (χ1n) is 6.59. The van der Waals surface area contributed by atoms with E-state index in [1.807, 2.05) is 6.20 Å². The van der Waals surface area contributed by atoms with Gasteiger partial charge in [-0.2, -0.15) is 0 Å². The van der Waals surface area contributed by atoms with Crippen molar-refractivity contribution in [2.75, 3.05) is 0 Å². The van der Waals surface area contributed by atoms with Crippen molar-refractivity contribution in [2.24, 2.45) is 5.92 Å². The minimum Gasteiger partial charge on any atom is -0.413 e. The molecule has 2 heterocycles. The van der Waals surface area contributed by atoms with Crippen LogP contribution in [0.15, 0.2) is 12.4 Å². The first kappa shape index (κ1) is 11.3. The molecule has 1 aliphatic heterocycles. The minimum absolute atomic E-state index is 0.0839. The SMILES string of the molecule is CC1(C)NB(c2ncc[nH]2)O[C@@H]2CCCC[C@@H]21. The Kier molecular flexibility index (Phi) is 2.75. The molecule has 1 aromatic heterocycles. The third-order valence-corrected chi connectivity index (χ3v) is 4.21. The van der Waals surface area contributed by atoms with Gasteiger partial charge in [-0.05, 0) is 26.7 Å².